The van der Waals surface area contributed by atoms with Gasteiger partial charge in [-0.1, -0.05) is 33.3 Å². The van der Waals surface area contributed by atoms with Crippen LogP contribution < -0.4 is 15.5 Å². The van der Waals surface area contributed by atoms with Crippen LogP contribution in [0.5, 0.6) is 0 Å². The molecule has 1 aliphatic rings. The van der Waals surface area contributed by atoms with Crippen molar-refractivity contribution in [1.82, 2.24) is 15.3 Å². The number of rotatable bonds is 7. The Bertz CT molecular complexity index is 865. The van der Waals surface area contributed by atoms with Crippen LogP contribution in [0.15, 0.2) is 24.3 Å². The third kappa shape index (κ3) is 6.73. The smallest absolute Gasteiger partial charge is 0.229 e. The summed E-state index contributed by atoms with van der Waals surface area (Å²) < 4.78 is 0. The Balaban J connectivity index is 0.00000225. The number of benzene rings is 1. The normalized spacial score (nSPS) is 15.3. The van der Waals surface area contributed by atoms with Gasteiger partial charge in [0.25, 0.3) is 0 Å². The summed E-state index contributed by atoms with van der Waals surface area (Å²) in [7, 11) is 0. The fourth-order valence-electron chi connectivity index (χ4n) is 3.61. The van der Waals surface area contributed by atoms with Crippen LogP contribution in [0.4, 0.5) is 17.5 Å². The molecule has 2 aromatic rings. The van der Waals surface area contributed by atoms with Gasteiger partial charge in [0, 0.05) is 42.6 Å². The number of aryl methyl sites for hydroxylation is 2. The molecule has 164 valence electrons. The van der Waals surface area contributed by atoms with Crippen molar-refractivity contribution >= 4 is 42.3 Å². The van der Waals surface area contributed by atoms with Crippen LogP contribution in [0.2, 0.25) is 0 Å². The van der Waals surface area contributed by atoms with Crippen LogP contribution in [0.1, 0.15) is 50.4 Å². The second-order valence-electron chi connectivity index (χ2n) is 7.81. The second kappa shape index (κ2) is 11.9. The van der Waals surface area contributed by atoms with Crippen LogP contribution in [-0.4, -0.2) is 35.1 Å². The van der Waals surface area contributed by atoms with E-state index in [1.165, 1.54) is 0 Å². The molecular formula is C22H32Cl2N6. The van der Waals surface area contributed by atoms with Gasteiger partial charge in [0.05, 0.1) is 11.6 Å². The molecule has 1 aromatic heterocycles. The van der Waals surface area contributed by atoms with Gasteiger partial charge in [0.1, 0.15) is 5.82 Å². The highest BCUT2D eigenvalue weighted by Crippen LogP contribution is 2.24. The van der Waals surface area contributed by atoms with Gasteiger partial charge in [-0.05, 0) is 37.5 Å². The summed E-state index contributed by atoms with van der Waals surface area (Å²) >= 11 is 0. The zero-order valence-corrected chi connectivity index (χ0v) is 19.7. The van der Waals surface area contributed by atoms with E-state index in [2.05, 4.69) is 53.4 Å². The molecule has 0 aliphatic carbocycles. The van der Waals surface area contributed by atoms with Crippen LogP contribution in [0.3, 0.4) is 0 Å². The summed E-state index contributed by atoms with van der Waals surface area (Å²) in [6.45, 7) is 10.4. The average Bonchev–Trinajstić information content (AvgIpc) is 3.11. The van der Waals surface area contributed by atoms with Crippen molar-refractivity contribution in [3.05, 3.63) is 41.1 Å². The molecule has 2 N–H and O–H groups in total. The highest BCUT2D eigenvalue weighted by molar-refractivity contribution is 5.85. The summed E-state index contributed by atoms with van der Waals surface area (Å²) in [4.78, 5) is 11.8. The van der Waals surface area contributed by atoms with E-state index in [0.717, 1.165) is 55.1 Å². The standard InChI is InChI=1S/C22H30N6.2ClH/c1-5-6-18-12-21(28-10-9-20(14-28)24-15(2)3)27-22(25-18)26-19-8-7-16(4)17(11-19)13-23;;/h7-8,11-12,15,20,24H,5-6,9-10,14H2,1-4H3,(H,25,26,27);2*1H/t20-;;/m0../s1. The molecule has 1 aromatic carbocycles. The summed E-state index contributed by atoms with van der Waals surface area (Å²) in [6, 6.07) is 11.1. The SMILES string of the molecule is CCCc1cc(N2CC[C@H](NC(C)C)C2)nc(Nc2ccc(C)c(C#N)c2)n1.Cl.Cl. The first kappa shape index (κ1) is 26.0. The predicted molar refractivity (Wildman–Crippen MR) is 129 cm³/mol. The number of nitrogens with zero attached hydrogens (tertiary/aromatic N) is 4. The molecule has 0 bridgehead atoms. The Hall–Kier alpha value is -2.07. The molecule has 3 rings (SSSR count). The molecule has 1 fully saturated rings. The van der Waals surface area contributed by atoms with E-state index in [1.54, 1.807) is 0 Å². The lowest BCUT2D eigenvalue weighted by Crippen LogP contribution is -2.37. The Labute approximate surface area is 192 Å². The van der Waals surface area contributed by atoms with Gasteiger partial charge in [0.15, 0.2) is 0 Å². The number of nitrogens with one attached hydrogen (secondary N) is 2. The largest absolute Gasteiger partial charge is 0.355 e. The van der Waals surface area contributed by atoms with Crippen molar-refractivity contribution in [3.8, 4) is 6.07 Å². The van der Waals surface area contributed by atoms with E-state index in [-0.39, 0.29) is 24.8 Å². The molecule has 0 radical (unpaired) electrons. The van der Waals surface area contributed by atoms with Gasteiger partial charge >= 0.3 is 0 Å². The molecule has 1 atom stereocenters. The first-order valence-electron chi connectivity index (χ1n) is 10.1. The Morgan fingerprint density at radius 1 is 1.23 bits per heavy atom. The molecule has 0 spiro atoms. The minimum Gasteiger partial charge on any atom is -0.355 e. The average molecular weight is 451 g/mol. The highest BCUT2D eigenvalue weighted by atomic mass is 35.5. The Morgan fingerprint density at radius 3 is 2.67 bits per heavy atom. The van der Waals surface area contributed by atoms with Crippen molar-refractivity contribution < 1.29 is 0 Å². The first-order chi connectivity index (χ1) is 13.5. The van der Waals surface area contributed by atoms with E-state index in [0.29, 0.717) is 23.6 Å². The van der Waals surface area contributed by atoms with Gasteiger partial charge in [-0.2, -0.15) is 10.2 Å². The molecule has 2 heterocycles. The van der Waals surface area contributed by atoms with Crippen LogP contribution in [0, 0.1) is 18.3 Å². The van der Waals surface area contributed by atoms with Gasteiger partial charge < -0.3 is 15.5 Å². The van der Waals surface area contributed by atoms with E-state index < -0.39 is 0 Å². The maximum atomic E-state index is 9.28. The topological polar surface area (TPSA) is 76.9 Å². The van der Waals surface area contributed by atoms with Gasteiger partial charge in [0.2, 0.25) is 5.95 Å². The van der Waals surface area contributed by atoms with E-state index >= 15 is 0 Å². The predicted octanol–water partition coefficient (Wildman–Crippen LogP) is 4.77. The summed E-state index contributed by atoms with van der Waals surface area (Å²) in [5.41, 5.74) is 3.51. The van der Waals surface area contributed by atoms with Crippen molar-refractivity contribution in [1.29, 1.82) is 5.26 Å². The Morgan fingerprint density at radius 2 is 2.00 bits per heavy atom. The molecule has 0 amide bonds. The number of hydrogen-bond donors (Lipinski definition) is 2. The number of halogens is 2. The monoisotopic (exact) mass is 450 g/mol. The third-order valence-electron chi connectivity index (χ3n) is 4.97. The van der Waals surface area contributed by atoms with E-state index in [4.69, 9.17) is 4.98 Å². The van der Waals surface area contributed by atoms with E-state index in [1.807, 2.05) is 25.1 Å². The lowest BCUT2D eigenvalue weighted by Gasteiger charge is -2.20. The van der Waals surface area contributed by atoms with Crippen molar-refractivity contribution in [2.45, 2.75) is 59.0 Å². The Kier molecular flexibility index (Phi) is 10.3. The minimum absolute atomic E-state index is 0. The fourth-order valence-corrected chi connectivity index (χ4v) is 3.61. The van der Waals surface area contributed by atoms with Crippen LogP contribution in [-0.2, 0) is 6.42 Å². The summed E-state index contributed by atoms with van der Waals surface area (Å²) in [6.07, 6.45) is 3.08. The molecule has 6 nitrogen and oxygen atoms in total. The molecular weight excluding hydrogens is 419 g/mol. The van der Waals surface area contributed by atoms with Crippen LogP contribution >= 0.6 is 24.8 Å². The maximum absolute atomic E-state index is 9.28. The third-order valence-corrected chi connectivity index (χ3v) is 4.97. The molecule has 0 unspecified atom stereocenters. The molecule has 8 heteroatoms. The fraction of sp³-hybridized carbons (Fsp3) is 0.500. The number of anilines is 3. The second-order valence-corrected chi connectivity index (χ2v) is 7.81. The lowest BCUT2D eigenvalue weighted by atomic mass is 10.1. The zero-order chi connectivity index (χ0) is 20.1. The zero-order valence-electron chi connectivity index (χ0n) is 18.1. The van der Waals surface area contributed by atoms with Gasteiger partial charge in [-0.25, -0.2) is 4.98 Å². The van der Waals surface area contributed by atoms with E-state index in [9.17, 15) is 5.26 Å². The number of aromatic nitrogens is 2. The quantitative estimate of drug-likeness (QED) is 0.632. The summed E-state index contributed by atoms with van der Waals surface area (Å²) in [5, 5.41) is 16.2. The van der Waals surface area contributed by atoms with Crippen molar-refractivity contribution in [3.63, 3.8) is 0 Å². The summed E-state index contributed by atoms with van der Waals surface area (Å²) in [5.74, 6) is 1.57. The lowest BCUT2D eigenvalue weighted by molar-refractivity contribution is 0.492. The number of nitriles is 1. The highest BCUT2D eigenvalue weighted by Gasteiger charge is 2.24. The molecule has 0 saturated carbocycles. The minimum atomic E-state index is 0. The molecule has 30 heavy (non-hydrogen) atoms. The van der Waals surface area contributed by atoms with Crippen molar-refractivity contribution in [2.24, 2.45) is 0 Å². The first-order valence-corrected chi connectivity index (χ1v) is 10.1. The van der Waals surface area contributed by atoms with Gasteiger partial charge in [-0.3, -0.25) is 0 Å². The van der Waals surface area contributed by atoms with Crippen LogP contribution in [0.25, 0.3) is 0 Å². The number of hydrogen-bond acceptors (Lipinski definition) is 6. The van der Waals surface area contributed by atoms with Gasteiger partial charge in [-0.15, -0.1) is 24.8 Å². The molecule has 1 aliphatic heterocycles. The maximum Gasteiger partial charge on any atom is 0.229 e. The van der Waals surface area contributed by atoms with Crippen molar-refractivity contribution in [2.75, 3.05) is 23.3 Å². The molecule has 1 saturated heterocycles.